The van der Waals surface area contributed by atoms with Crippen LogP contribution in [0.4, 0.5) is 15.8 Å². The monoisotopic (exact) mass is 405 g/mol. The SMILES string of the molecule is Cc1ccc(F)c2c(N)c(-c3cc4ccc(N5CCN(C)CC5)cc4[nH]3)c(=O)[nH]c12. The number of hydrogen-bond acceptors (Lipinski definition) is 4. The number of halogens is 1. The Morgan fingerprint density at radius 2 is 1.80 bits per heavy atom. The zero-order chi connectivity index (χ0) is 21.0. The maximum atomic E-state index is 14.5. The standard InChI is InChI=1S/C23H24FN5O/c1-13-3-6-16(24)19-21(25)20(23(30)27-22(13)19)18-11-14-4-5-15(12-17(14)26-18)29-9-7-28(2)8-10-29/h3-6,11-12,26H,7-10H2,1-2H3,(H3,25,27,30). The molecule has 0 amide bonds. The molecule has 0 radical (unpaired) electrons. The zero-order valence-electron chi connectivity index (χ0n) is 17.1. The van der Waals surface area contributed by atoms with Crippen molar-refractivity contribution < 1.29 is 4.39 Å². The van der Waals surface area contributed by atoms with Crippen LogP contribution in [-0.4, -0.2) is 48.1 Å². The Hall–Kier alpha value is -3.32. The number of anilines is 2. The summed E-state index contributed by atoms with van der Waals surface area (Å²) >= 11 is 0. The van der Waals surface area contributed by atoms with E-state index in [4.69, 9.17) is 5.73 Å². The van der Waals surface area contributed by atoms with Crippen molar-refractivity contribution in [3.05, 3.63) is 58.1 Å². The second-order valence-corrected chi connectivity index (χ2v) is 8.10. The summed E-state index contributed by atoms with van der Waals surface area (Å²) in [5.41, 5.74) is 10.3. The van der Waals surface area contributed by atoms with Crippen molar-refractivity contribution in [3.63, 3.8) is 0 Å². The third-order valence-corrected chi connectivity index (χ3v) is 6.11. The number of benzene rings is 2. The Balaban J connectivity index is 1.62. The molecule has 1 aliphatic rings. The van der Waals surface area contributed by atoms with E-state index in [-0.39, 0.29) is 22.2 Å². The Bertz CT molecular complexity index is 1330. The fourth-order valence-corrected chi connectivity index (χ4v) is 4.31. The third-order valence-electron chi connectivity index (χ3n) is 6.11. The van der Waals surface area contributed by atoms with E-state index in [1.54, 1.807) is 6.07 Å². The van der Waals surface area contributed by atoms with E-state index in [9.17, 15) is 9.18 Å². The molecule has 2 aromatic carbocycles. The molecule has 30 heavy (non-hydrogen) atoms. The van der Waals surface area contributed by atoms with E-state index in [1.165, 1.54) is 6.07 Å². The number of nitrogens with two attached hydrogens (primary N) is 1. The van der Waals surface area contributed by atoms with Crippen LogP contribution >= 0.6 is 0 Å². The van der Waals surface area contributed by atoms with Crippen LogP contribution in [0.25, 0.3) is 33.1 Å². The first-order valence-corrected chi connectivity index (χ1v) is 10.1. The normalized spacial score (nSPS) is 15.4. The molecule has 0 bridgehead atoms. The summed E-state index contributed by atoms with van der Waals surface area (Å²) in [6, 6.07) is 11.1. The topological polar surface area (TPSA) is 81.2 Å². The highest BCUT2D eigenvalue weighted by atomic mass is 19.1. The second kappa shape index (κ2) is 6.88. The van der Waals surface area contributed by atoms with E-state index in [0.29, 0.717) is 11.2 Å². The number of aromatic amines is 2. The second-order valence-electron chi connectivity index (χ2n) is 8.10. The quantitative estimate of drug-likeness (QED) is 0.477. The first-order chi connectivity index (χ1) is 14.4. The van der Waals surface area contributed by atoms with Gasteiger partial charge in [0.1, 0.15) is 5.82 Å². The molecule has 154 valence electrons. The highest BCUT2D eigenvalue weighted by Crippen LogP contribution is 2.33. The van der Waals surface area contributed by atoms with Gasteiger partial charge in [0.2, 0.25) is 0 Å². The van der Waals surface area contributed by atoms with Gasteiger partial charge in [0.25, 0.3) is 5.56 Å². The van der Waals surface area contributed by atoms with Crippen LogP contribution < -0.4 is 16.2 Å². The molecule has 1 fully saturated rings. The van der Waals surface area contributed by atoms with Crippen molar-refractivity contribution in [3.8, 4) is 11.3 Å². The summed E-state index contributed by atoms with van der Waals surface area (Å²) in [6.07, 6.45) is 0. The minimum absolute atomic E-state index is 0.154. The average Bonchev–Trinajstić information content (AvgIpc) is 3.13. The van der Waals surface area contributed by atoms with E-state index in [0.717, 1.165) is 48.3 Å². The van der Waals surface area contributed by atoms with Crippen LogP contribution in [0.5, 0.6) is 0 Å². The average molecular weight is 405 g/mol. The van der Waals surface area contributed by atoms with Gasteiger partial charge in [0.15, 0.2) is 0 Å². The van der Waals surface area contributed by atoms with Crippen LogP contribution in [-0.2, 0) is 0 Å². The fourth-order valence-electron chi connectivity index (χ4n) is 4.31. The molecular weight excluding hydrogens is 381 g/mol. The van der Waals surface area contributed by atoms with Crippen molar-refractivity contribution in [2.45, 2.75) is 6.92 Å². The molecule has 6 nitrogen and oxygen atoms in total. The summed E-state index contributed by atoms with van der Waals surface area (Å²) in [4.78, 5) is 23.7. The lowest BCUT2D eigenvalue weighted by Gasteiger charge is -2.34. The molecule has 1 saturated heterocycles. The Kier molecular flexibility index (Phi) is 4.29. The van der Waals surface area contributed by atoms with E-state index in [2.05, 4.69) is 38.9 Å². The highest BCUT2D eigenvalue weighted by molar-refractivity contribution is 6.00. The summed E-state index contributed by atoms with van der Waals surface area (Å²) in [6.45, 7) is 5.83. The number of aryl methyl sites for hydroxylation is 1. The Morgan fingerprint density at radius 1 is 1.03 bits per heavy atom. The summed E-state index contributed by atoms with van der Waals surface area (Å²) in [5, 5.41) is 1.23. The molecule has 0 atom stereocenters. The summed E-state index contributed by atoms with van der Waals surface area (Å²) in [7, 11) is 2.13. The number of nitrogens with zero attached hydrogens (tertiary/aromatic N) is 2. The van der Waals surface area contributed by atoms with E-state index >= 15 is 0 Å². The lowest BCUT2D eigenvalue weighted by Crippen LogP contribution is -2.44. The number of H-pyrrole nitrogens is 2. The van der Waals surface area contributed by atoms with Crippen LogP contribution in [0, 0.1) is 12.7 Å². The van der Waals surface area contributed by atoms with Gasteiger partial charge in [-0.05, 0) is 43.8 Å². The number of piperazine rings is 1. The molecule has 0 saturated carbocycles. The Labute approximate surface area is 173 Å². The number of nitrogen functional groups attached to an aromatic ring is 1. The first-order valence-electron chi connectivity index (χ1n) is 10.1. The maximum Gasteiger partial charge on any atom is 0.259 e. The summed E-state index contributed by atoms with van der Waals surface area (Å²) in [5.74, 6) is -0.445. The minimum atomic E-state index is -0.445. The number of rotatable bonds is 2. The third kappa shape index (κ3) is 2.93. The fraction of sp³-hybridized carbons (Fsp3) is 0.261. The van der Waals surface area contributed by atoms with E-state index < -0.39 is 5.82 Å². The molecule has 3 heterocycles. The van der Waals surface area contributed by atoms with Gasteiger partial charge in [-0.15, -0.1) is 0 Å². The lowest BCUT2D eigenvalue weighted by molar-refractivity contribution is 0.313. The first kappa shape index (κ1) is 18.7. The van der Waals surface area contributed by atoms with Gasteiger partial charge in [0, 0.05) is 42.8 Å². The minimum Gasteiger partial charge on any atom is -0.397 e. The number of fused-ring (bicyclic) bond motifs is 2. The highest BCUT2D eigenvalue weighted by Gasteiger charge is 2.19. The number of likely N-dealkylation sites (N-methyl/N-ethyl adjacent to an activating group) is 1. The molecule has 1 aliphatic heterocycles. The van der Waals surface area contributed by atoms with Gasteiger partial charge < -0.3 is 25.5 Å². The molecule has 2 aromatic heterocycles. The van der Waals surface area contributed by atoms with Gasteiger partial charge in [-0.25, -0.2) is 4.39 Å². The number of pyridine rings is 1. The van der Waals surface area contributed by atoms with E-state index in [1.807, 2.05) is 19.1 Å². The van der Waals surface area contributed by atoms with Gasteiger partial charge in [-0.3, -0.25) is 4.79 Å². The van der Waals surface area contributed by atoms with Crippen molar-refractivity contribution in [1.29, 1.82) is 0 Å². The smallest absolute Gasteiger partial charge is 0.259 e. The van der Waals surface area contributed by atoms with Crippen molar-refractivity contribution >= 4 is 33.2 Å². The van der Waals surface area contributed by atoms with Gasteiger partial charge in [-0.1, -0.05) is 12.1 Å². The number of aromatic nitrogens is 2. The molecule has 5 rings (SSSR count). The predicted molar refractivity (Wildman–Crippen MR) is 121 cm³/mol. The molecule has 0 unspecified atom stereocenters. The van der Waals surface area contributed by atoms with Crippen LogP contribution in [0.15, 0.2) is 41.2 Å². The maximum absolute atomic E-state index is 14.5. The molecule has 7 heteroatoms. The number of hydrogen-bond donors (Lipinski definition) is 3. The Morgan fingerprint density at radius 3 is 2.57 bits per heavy atom. The van der Waals surface area contributed by atoms with Crippen molar-refractivity contribution in [2.75, 3.05) is 43.9 Å². The van der Waals surface area contributed by atoms with Crippen molar-refractivity contribution in [2.24, 2.45) is 0 Å². The largest absolute Gasteiger partial charge is 0.397 e. The van der Waals surface area contributed by atoms with Crippen molar-refractivity contribution in [1.82, 2.24) is 14.9 Å². The summed E-state index contributed by atoms with van der Waals surface area (Å²) < 4.78 is 14.5. The molecule has 0 aliphatic carbocycles. The molecular formula is C23H24FN5O. The van der Waals surface area contributed by atoms with Gasteiger partial charge >= 0.3 is 0 Å². The van der Waals surface area contributed by atoms with Gasteiger partial charge in [0.05, 0.1) is 27.8 Å². The van der Waals surface area contributed by atoms with Gasteiger partial charge in [-0.2, -0.15) is 0 Å². The predicted octanol–water partition coefficient (Wildman–Crippen LogP) is 3.46. The molecule has 4 N–H and O–H groups in total. The zero-order valence-corrected chi connectivity index (χ0v) is 17.1. The molecule has 4 aromatic rings. The van der Waals surface area contributed by atoms with Crippen LogP contribution in [0.3, 0.4) is 0 Å². The van der Waals surface area contributed by atoms with Crippen LogP contribution in [0.1, 0.15) is 5.56 Å². The van der Waals surface area contributed by atoms with Crippen LogP contribution in [0.2, 0.25) is 0 Å². The lowest BCUT2D eigenvalue weighted by atomic mass is 10.0. The number of nitrogens with one attached hydrogen (secondary N) is 2. The molecule has 0 spiro atoms.